The molecule has 2 aromatic rings. The molecule has 26 heavy (non-hydrogen) atoms. The molecule has 3 rings (SSSR count). The predicted octanol–water partition coefficient (Wildman–Crippen LogP) is 7.27. The Morgan fingerprint density at radius 2 is 1.42 bits per heavy atom. The van der Waals surface area contributed by atoms with Crippen molar-refractivity contribution in [1.82, 2.24) is 0 Å². The van der Waals surface area contributed by atoms with E-state index in [1.54, 1.807) is 0 Å². The molecule has 0 atom stereocenters. The topological polar surface area (TPSA) is 17.1 Å². The van der Waals surface area contributed by atoms with Crippen LogP contribution in [0.2, 0.25) is 0 Å². The van der Waals surface area contributed by atoms with Gasteiger partial charge in [0.15, 0.2) is 5.78 Å². The van der Waals surface area contributed by atoms with Gasteiger partial charge in [0.05, 0.1) is 0 Å². The smallest absolute Gasteiger partial charge is 0.165 e. The van der Waals surface area contributed by atoms with Gasteiger partial charge in [-0.2, -0.15) is 0 Å². The Labute approximate surface area is 158 Å². The van der Waals surface area contributed by atoms with Crippen molar-refractivity contribution >= 4 is 5.78 Å². The lowest BCUT2D eigenvalue weighted by Gasteiger charge is -2.28. The third kappa shape index (κ3) is 4.44. The Morgan fingerprint density at radius 3 is 1.92 bits per heavy atom. The first-order valence-electron chi connectivity index (χ1n) is 10.3. The van der Waals surface area contributed by atoms with Gasteiger partial charge < -0.3 is 0 Å². The predicted molar refractivity (Wildman–Crippen MR) is 111 cm³/mol. The van der Waals surface area contributed by atoms with Crippen molar-refractivity contribution in [3.05, 3.63) is 59.7 Å². The van der Waals surface area contributed by atoms with Crippen LogP contribution in [0.4, 0.5) is 0 Å². The molecule has 0 aliphatic heterocycles. The molecule has 1 saturated carbocycles. The van der Waals surface area contributed by atoms with Crippen LogP contribution in [-0.2, 0) is 0 Å². The highest BCUT2D eigenvalue weighted by molar-refractivity contribution is 5.97. The van der Waals surface area contributed by atoms with Crippen LogP contribution in [0, 0.1) is 11.8 Å². The third-order valence-electron chi connectivity index (χ3n) is 5.95. The van der Waals surface area contributed by atoms with E-state index in [4.69, 9.17) is 0 Å². The van der Waals surface area contributed by atoms with Crippen LogP contribution in [0.3, 0.4) is 0 Å². The third-order valence-corrected chi connectivity index (χ3v) is 5.95. The highest BCUT2D eigenvalue weighted by Gasteiger charge is 2.21. The van der Waals surface area contributed by atoms with E-state index in [1.807, 2.05) is 26.0 Å². The second-order valence-corrected chi connectivity index (χ2v) is 8.22. The van der Waals surface area contributed by atoms with Crippen LogP contribution in [0.25, 0.3) is 11.1 Å². The summed E-state index contributed by atoms with van der Waals surface area (Å²) in [5, 5.41) is 0. The Kier molecular flexibility index (Phi) is 6.29. The molecule has 1 aliphatic rings. The van der Waals surface area contributed by atoms with Crippen LogP contribution in [-0.4, -0.2) is 5.78 Å². The highest BCUT2D eigenvalue weighted by atomic mass is 16.1. The first-order valence-corrected chi connectivity index (χ1v) is 10.3. The molecule has 2 aromatic carbocycles. The molecule has 138 valence electrons. The standard InChI is InChI=1S/C25H32O/c1-4-5-19-6-8-20(9-7-19)21-10-12-22(13-11-21)23-14-16-24(17-15-23)25(26)18(2)3/h10-20H,4-9H2,1-3H3. The maximum absolute atomic E-state index is 12.1. The van der Waals surface area contributed by atoms with Crippen LogP contribution < -0.4 is 0 Å². The van der Waals surface area contributed by atoms with E-state index in [0.717, 1.165) is 17.4 Å². The van der Waals surface area contributed by atoms with Crippen molar-refractivity contribution in [2.24, 2.45) is 11.8 Å². The first kappa shape index (κ1) is 18.9. The Morgan fingerprint density at radius 1 is 0.885 bits per heavy atom. The number of carbonyl (C=O) groups is 1. The fourth-order valence-corrected chi connectivity index (χ4v) is 4.30. The average Bonchev–Trinajstić information content (AvgIpc) is 2.68. The van der Waals surface area contributed by atoms with Crippen LogP contribution >= 0.6 is 0 Å². The van der Waals surface area contributed by atoms with Crippen molar-refractivity contribution in [2.75, 3.05) is 0 Å². The zero-order valence-electron chi connectivity index (χ0n) is 16.5. The number of carbonyl (C=O) groups excluding carboxylic acids is 1. The molecule has 0 aromatic heterocycles. The second kappa shape index (κ2) is 8.66. The van der Waals surface area contributed by atoms with Gasteiger partial charge in [0.25, 0.3) is 0 Å². The first-order chi connectivity index (χ1) is 12.6. The molecule has 0 spiro atoms. The van der Waals surface area contributed by atoms with E-state index < -0.39 is 0 Å². The summed E-state index contributed by atoms with van der Waals surface area (Å²) in [5.74, 6) is 1.96. The number of hydrogen-bond donors (Lipinski definition) is 0. The largest absolute Gasteiger partial charge is 0.294 e. The van der Waals surface area contributed by atoms with Crippen molar-refractivity contribution in [3.63, 3.8) is 0 Å². The number of Topliss-reactive ketones (excluding diaryl/α,β-unsaturated/α-hetero) is 1. The maximum Gasteiger partial charge on any atom is 0.165 e. The molecular formula is C25H32O. The van der Waals surface area contributed by atoms with Gasteiger partial charge in [0, 0.05) is 11.5 Å². The SMILES string of the molecule is CCCC1CCC(c2ccc(-c3ccc(C(=O)C(C)C)cc3)cc2)CC1. The van der Waals surface area contributed by atoms with Gasteiger partial charge in [-0.1, -0.05) is 82.1 Å². The van der Waals surface area contributed by atoms with Crippen molar-refractivity contribution in [1.29, 1.82) is 0 Å². The Balaban J connectivity index is 1.65. The van der Waals surface area contributed by atoms with Gasteiger partial charge in [-0.25, -0.2) is 0 Å². The quantitative estimate of drug-likeness (QED) is 0.502. The van der Waals surface area contributed by atoms with E-state index in [2.05, 4.69) is 43.3 Å². The lowest BCUT2D eigenvalue weighted by molar-refractivity contribution is 0.0939. The Hall–Kier alpha value is -1.89. The number of benzene rings is 2. The fraction of sp³-hybridized carbons (Fsp3) is 0.480. The van der Waals surface area contributed by atoms with Crippen molar-refractivity contribution in [2.45, 2.75) is 65.2 Å². The normalized spacial score (nSPS) is 20.3. The zero-order chi connectivity index (χ0) is 18.5. The highest BCUT2D eigenvalue weighted by Crippen LogP contribution is 2.38. The van der Waals surface area contributed by atoms with Gasteiger partial charge in [-0.15, -0.1) is 0 Å². The molecule has 1 fully saturated rings. The molecule has 1 aliphatic carbocycles. The summed E-state index contributed by atoms with van der Waals surface area (Å²) in [6.07, 6.45) is 8.20. The summed E-state index contributed by atoms with van der Waals surface area (Å²) in [7, 11) is 0. The van der Waals surface area contributed by atoms with E-state index >= 15 is 0 Å². The molecule has 0 N–H and O–H groups in total. The molecule has 0 saturated heterocycles. The average molecular weight is 349 g/mol. The zero-order valence-corrected chi connectivity index (χ0v) is 16.5. The van der Waals surface area contributed by atoms with Gasteiger partial charge in [0.1, 0.15) is 0 Å². The van der Waals surface area contributed by atoms with Gasteiger partial charge in [-0.3, -0.25) is 4.79 Å². The van der Waals surface area contributed by atoms with Crippen LogP contribution in [0.5, 0.6) is 0 Å². The van der Waals surface area contributed by atoms with Gasteiger partial charge in [-0.05, 0) is 54.2 Å². The molecule has 0 heterocycles. The van der Waals surface area contributed by atoms with E-state index in [1.165, 1.54) is 55.2 Å². The minimum atomic E-state index is 0.0487. The van der Waals surface area contributed by atoms with Gasteiger partial charge in [0.2, 0.25) is 0 Å². The number of rotatable bonds is 6. The van der Waals surface area contributed by atoms with Gasteiger partial charge >= 0.3 is 0 Å². The summed E-state index contributed by atoms with van der Waals surface area (Å²) in [6, 6.07) is 17.2. The van der Waals surface area contributed by atoms with Crippen molar-refractivity contribution in [3.8, 4) is 11.1 Å². The Bertz CT molecular complexity index is 701. The summed E-state index contributed by atoms with van der Waals surface area (Å²) in [5.41, 5.74) is 4.72. The molecule has 1 heteroatoms. The van der Waals surface area contributed by atoms with Crippen molar-refractivity contribution < 1.29 is 4.79 Å². The van der Waals surface area contributed by atoms with E-state index in [-0.39, 0.29) is 11.7 Å². The van der Waals surface area contributed by atoms with Crippen LogP contribution in [0.1, 0.15) is 81.1 Å². The number of ketones is 1. The number of hydrogen-bond acceptors (Lipinski definition) is 1. The summed E-state index contributed by atoms with van der Waals surface area (Å²) in [6.45, 7) is 6.20. The maximum atomic E-state index is 12.1. The summed E-state index contributed by atoms with van der Waals surface area (Å²) >= 11 is 0. The second-order valence-electron chi connectivity index (χ2n) is 8.22. The lowest BCUT2D eigenvalue weighted by Crippen LogP contribution is -2.13. The molecule has 0 unspecified atom stereocenters. The monoisotopic (exact) mass is 348 g/mol. The van der Waals surface area contributed by atoms with Crippen LogP contribution in [0.15, 0.2) is 48.5 Å². The lowest BCUT2D eigenvalue weighted by atomic mass is 9.77. The minimum Gasteiger partial charge on any atom is -0.294 e. The minimum absolute atomic E-state index is 0.0487. The molecule has 0 bridgehead atoms. The molecule has 0 amide bonds. The summed E-state index contributed by atoms with van der Waals surface area (Å²) < 4.78 is 0. The summed E-state index contributed by atoms with van der Waals surface area (Å²) in [4.78, 5) is 12.1. The molecule has 0 radical (unpaired) electrons. The van der Waals surface area contributed by atoms with E-state index in [9.17, 15) is 4.79 Å². The molecule has 1 nitrogen and oxygen atoms in total. The fourth-order valence-electron chi connectivity index (χ4n) is 4.30. The van der Waals surface area contributed by atoms with E-state index in [0.29, 0.717) is 0 Å². The molecular weight excluding hydrogens is 316 g/mol.